The average molecular weight is 387 g/mol. The number of aryl methyl sites for hydroxylation is 1. The van der Waals surface area contributed by atoms with E-state index in [0.717, 1.165) is 5.76 Å². The van der Waals surface area contributed by atoms with Gasteiger partial charge in [-0.2, -0.15) is 0 Å². The van der Waals surface area contributed by atoms with Gasteiger partial charge >= 0.3 is 0 Å². The minimum atomic E-state index is -3.87. The smallest absolute Gasteiger partial charge is 0.253 e. The molecule has 0 fully saturated rings. The number of nitrogens with one attached hydrogen (secondary N) is 1. The second-order valence-corrected chi connectivity index (χ2v) is 7.25. The van der Waals surface area contributed by atoms with Gasteiger partial charge in [0.05, 0.1) is 16.5 Å². The highest BCUT2D eigenvalue weighted by Crippen LogP contribution is 2.22. The molecule has 6 nitrogen and oxygen atoms in total. The van der Waals surface area contributed by atoms with Crippen LogP contribution in [0, 0.1) is 6.92 Å². The molecule has 1 amide bonds. The third-order valence-corrected chi connectivity index (χ3v) is 4.65. The molecule has 22 heavy (non-hydrogen) atoms. The molecule has 0 spiro atoms. The van der Waals surface area contributed by atoms with Gasteiger partial charge in [-0.3, -0.25) is 4.79 Å². The van der Waals surface area contributed by atoms with E-state index in [9.17, 15) is 13.2 Å². The third kappa shape index (κ3) is 3.76. The minimum absolute atomic E-state index is 0.123. The highest BCUT2D eigenvalue weighted by molar-refractivity contribution is 9.10. The van der Waals surface area contributed by atoms with E-state index in [0.29, 0.717) is 10.2 Å². The number of primary sulfonamides is 1. The fraction of sp³-hybridized carbons (Fsp3) is 0.214. The summed E-state index contributed by atoms with van der Waals surface area (Å²) >= 11 is 3.23. The van der Waals surface area contributed by atoms with Gasteiger partial charge in [-0.1, -0.05) is 0 Å². The van der Waals surface area contributed by atoms with Crippen LogP contribution in [0.1, 0.15) is 34.8 Å². The SMILES string of the molecule is Cc1ccc(C(C)NC(=O)c2cc(S(N)(=O)=O)ccc2Br)o1. The van der Waals surface area contributed by atoms with Gasteiger partial charge in [0, 0.05) is 4.47 Å². The van der Waals surface area contributed by atoms with E-state index < -0.39 is 15.9 Å². The van der Waals surface area contributed by atoms with Gasteiger partial charge < -0.3 is 9.73 Å². The van der Waals surface area contributed by atoms with Crippen LogP contribution in [-0.2, 0) is 10.0 Å². The van der Waals surface area contributed by atoms with Crippen LogP contribution in [0.15, 0.2) is 44.1 Å². The van der Waals surface area contributed by atoms with Crippen molar-refractivity contribution in [3.8, 4) is 0 Å². The van der Waals surface area contributed by atoms with Crippen molar-refractivity contribution in [2.75, 3.05) is 0 Å². The van der Waals surface area contributed by atoms with Crippen LogP contribution in [0.3, 0.4) is 0 Å². The summed E-state index contributed by atoms with van der Waals surface area (Å²) in [5, 5.41) is 7.83. The zero-order chi connectivity index (χ0) is 16.5. The fourth-order valence-electron chi connectivity index (χ4n) is 1.89. The Bertz CT molecular complexity index is 814. The van der Waals surface area contributed by atoms with E-state index in [1.165, 1.54) is 18.2 Å². The van der Waals surface area contributed by atoms with Crippen molar-refractivity contribution in [3.63, 3.8) is 0 Å². The molecule has 8 heteroatoms. The van der Waals surface area contributed by atoms with E-state index in [1.807, 2.05) is 6.92 Å². The average Bonchev–Trinajstić information content (AvgIpc) is 2.84. The topological polar surface area (TPSA) is 102 Å². The molecule has 1 aromatic heterocycles. The Balaban J connectivity index is 2.26. The number of hydrogen-bond donors (Lipinski definition) is 2. The maximum absolute atomic E-state index is 12.3. The Kier molecular flexibility index (Phi) is 4.74. The number of carbonyl (C=O) groups excluding carboxylic acids is 1. The molecule has 1 aromatic carbocycles. The van der Waals surface area contributed by atoms with Crippen LogP contribution < -0.4 is 10.5 Å². The van der Waals surface area contributed by atoms with E-state index >= 15 is 0 Å². The molecule has 118 valence electrons. The lowest BCUT2D eigenvalue weighted by molar-refractivity contribution is 0.0934. The summed E-state index contributed by atoms with van der Waals surface area (Å²) in [7, 11) is -3.87. The van der Waals surface area contributed by atoms with Crippen LogP contribution in [0.2, 0.25) is 0 Å². The van der Waals surface area contributed by atoms with Crippen LogP contribution in [0.25, 0.3) is 0 Å². The fourth-order valence-corrected chi connectivity index (χ4v) is 2.85. The highest BCUT2D eigenvalue weighted by Gasteiger charge is 2.18. The second-order valence-electron chi connectivity index (χ2n) is 4.83. The number of benzene rings is 1. The Morgan fingerprint density at radius 2 is 2.00 bits per heavy atom. The van der Waals surface area contributed by atoms with Gasteiger partial charge in [0.1, 0.15) is 11.5 Å². The lowest BCUT2D eigenvalue weighted by atomic mass is 10.2. The first-order valence-electron chi connectivity index (χ1n) is 6.38. The third-order valence-electron chi connectivity index (χ3n) is 3.05. The Hall–Kier alpha value is -1.64. The zero-order valence-electron chi connectivity index (χ0n) is 12.0. The summed E-state index contributed by atoms with van der Waals surface area (Å²) < 4.78 is 28.7. The molecule has 2 rings (SSSR count). The first-order chi connectivity index (χ1) is 10.2. The molecule has 0 saturated carbocycles. The van der Waals surface area contributed by atoms with Gasteiger partial charge in [-0.15, -0.1) is 0 Å². The van der Waals surface area contributed by atoms with E-state index in [2.05, 4.69) is 21.2 Å². The number of sulfonamides is 1. The van der Waals surface area contributed by atoms with Crippen LogP contribution >= 0.6 is 15.9 Å². The van der Waals surface area contributed by atoms with Gasteiger partial charge in [-0.25, -0.2) is 13.6 Å². The molecule has 1 unspecified atom stereocenters. The van der Waals surface area contributed by atoms with Crippen LogP contribution in [-0.4, -0.2) is 14.3 Å². The zero-order valence-corrected chi connectivity index (χ0v) is 14.4. The summed E-state index contributed by atoms with van der Waals surface area (Å²) in [6.07, 6.45) is 0. The maximum atomic E-state index is 12.3. The molecular formula is C14H15BrN2O4S. The largest absolute Gasteiger partial charge is 0.464 e. The Morgan fingerprint density at radius 1 is 1.32 bits per heavy atom. The van der Waals surface area contributed by atoms with Crippen molar-refractivity contribution in [3.05, 3.63) is 51.9 Å². The van der Waals surface area contributed by atoms with Crippen molar-refractivity contribution >= 4 is 31.9 Å². The Labute approximate surface area is 136 Å². The van der Waals surface area contributed by atoms with Crippen molar-refractivity contribution in [2.24, 2.45) is 5.14 Å². The molecule has 1 heterocycles. The van der Waals surface area contributed by atoms with Crippen molar-refractivity contribution in [2.45, 2.75) is 24.8 Å². The van der Waals surface area contributed by atoms with E-state index in [1.54, 1.807) is 19.1 Å². The van der Waals surface area contributed by atoms with Crippen LogP contribution in [0.5, 0.6) is 0 Å². The van der Waals surface area contributed by atoms with E-state index in [-0.39, 0.29) is 16.5 Å². The van der Waals surface area contributed by atoms with Gasteiger partial charge in [0.25, 0.3) is 5.91 Å². The van der Waals surface area contributed by atoms with Crippen molar-refractivity contribution in [1.82, 2.24) is 5.32 Å². The monoisotopic (exact) mass is 386 g/mol. The predicted octanol–water partition coefficient (Wildman–Crippen LogP) is 2.49. The molecule has 2 aromatic rings. The molecule has 0 saturated heterocycles. The second kappa shape index (κ2) is 6.23. The number of hydrogen-bond acceptors (Lipinski definition) is 4. The molecule has 0 radical (unpaired) electrons. The van der Waals surface area contributed by atoms with Crippen molar-refractivity contribution in [1.29, 1.82) is 0 Å². The van der Waals surface area contributed by atoms with Crippen molar-refractivity contribution < 1.29 is 17.6 Å². The molecular weight excluding hydrogens is 372 g/mol. The van der Waals surface area contributed by atoms with Crippen LogP contribution in [0.4, 0.5) is 0 Å². The standard InChI is InChI=1S/C14H15BrN2O4S/c1-8-3-6-13(21-8)9(2)17-14(18)11-7-10(22(16,19)20)4-5-12(11)15/h3-7,9H,1-2H3,(H,17,18)(H2,16,19,20). The van der Waals surface area contributed by atoms with Gasteiger partial charge in [0.15, 0.2) is 0 Å². The summed E-state index contributed by atoms with van der Waals surface area (Å²) in [5.74, 6) is 0.928. The quantitative estimate of drug-likeness (QED) is 0.841. The first-order valence-corrected chi connectivity index (χ1v) is 8.72. The minimum Gasteiger partial charge on any atom is -0.464 e. The number of amides is 1. The summed E-state index contributed by atoms with van der Waals surface area (Å²) in [4.78, 5) is 12.2. The lowest BCUT2D eigenvalue weighted by Crippen LogP contribution is -2.27. The highest BCUT2D eigenvalue weighted by atomic mass is 79.9. The summed E-state index contributed by atoms with van der Waals surface area (Å²) in [6, 6.07) is 7.25. The number of furan rings is 1. The number of halogens is 1. The molecule has 0 bridgehead atoms. The predicted molar refractivity (Wildman–Crippen MR) is 84.8 cm³/mol. The summed E-state index contributed by atoms with van der Waals surface area (Å²) in [5.41, 5.74) is 0.182. The number of rotatable bonds is 4. The van der Waals surface area contributed by atoms with Gasteiger partial charge in [-0.05, 0) is 60.1 Å². The molecule has 0 aliphatic carbocycles. The first kappa shape index (κ1) is 16.7. The molecule has 3 N–H and O–H groups in total. The van der Waals surface area contributed by atoms with Gasteiger partial charge in [0.2, 0.25) is 10.0 Å². The lowest BCUT2D eigenvalue weighted by Gasteiger charge is -2.13. The molecule has 0 aliphatic heterocycles. The summed E-state index contributed by atoms with van der Waals surface area (Å²) in [6.45, 7) is 3.58. The number of nitrogens with two attached hydrogens (primary N) is 1. The van der Waals surface area contributed by atoms with E-state index in [4.69, 9.17) is 9.56 Å². The number of carbonyl (C=O) groups is 1. The Morgan fingerprint density at radius 3 is 2.55 bits per heavy atom. The molecule has 1 atom stereocenters. The molecule has 0 aliphatic rings. The maximum Gasteiger partial charge on any atom is 0.253 e. The normalized spacial score (nSPS) is 12.9.